The molecule has 152 valence electrons. The number of hydrogen-bond donors (Lipinski definition) is 0. The lowest BCUT2D eigenvalue weighted by atomic mass is 9.80. The minimum Gasteiger partial charge on any atom is -0.445 e. The number of benzene rings is 2. The van der Waals surface area contributed by atoms with Gasteiger partial charge in [0.25, 0.3) is 0 Å². The van der Waals surface area contributed by atoms with E-state index in [0.717, 1.165) is 16.7 Å². The van der Waals surface area contributed by atoms with Gasteiger partial charge < -0.3 is 9.47 Å². The van der Waals surface area contributed by atoms with Gasteiger partial charge in [-0.1, -0.05) is 42.5 Å². The summed E-state index contributed by atoms with van der Waals surface area (Å²) in [7, 11) is 0. The molecule has 2 atom stereocenters. The van der Waals surface area contributed by atoms with E-state index in [9.17, 15) is 9.59 Å². The third-order valence-corrected chi connectivity index (χ3v) is 6.10. The Kier molecular flexibility index (Phi) is 5.67. The molecule has 5 nitrogen and oxygen atoms in total. The van der Waals surface area contributed by atoms with Crippen molar-refractivity contribution >= 4 is 11.9 Å². The first-order chi connectivity index (χ1) is 14.0. The minimum atomic E-state index is -0.316. The molecule has 0 saturated carbocycles. The highest BCUT2D eigenvalue weighted by Crippen LogP contribution is 2.34. The van der Waals surface area contributed by atoms with E-state index in [-0.39, 0.29) is 36.5 Å². The van der Waals surface area contributed by atoms with E-state index in [1.165, 1.54) is 5.56 Å². The van der Waals surface area contributed by atoms with Crippen LogP contribution in [0.3, 0.4) is 0 Å². The van der Waals surface area contributed by atoms with Crippen molar-refractivity contribution in [3.8, 4) is 0 Å². The maximum atomic E-state index is 13.1. The molecule has 2 aromatic carbocycles. The van der Waals surface area contributed by atoms with Gasteiger partial charge in [0.15, 0.2) is 5.78 Å². The lowest BCUT2D eigenvalue weighted by molar-refractivity contribution is -0.0755. The fraction of sp³-hybridized carbons (Fsp3) is 0.417. The first-order valence-electron chi connectivity index (χ1n) is 10.2. The van der Waals surface area contributed by atoms with Crippen molar-refractivity contribution in [1.29, 1.82) is 0 Å². The summed E-state index contributed by atoms with van der Waals surface area (Å²) in [5, 5.41) is 0. The summed E-state index contributed by atoms with van der Waals surface area (Å²) in [6, 6.07) is 15.3. The zero-order valence-corrected chi connectivity index (χ0v) is 17.0. The average Bonchev–Trinajstić information content (AvgIpc) is 2.73. The van der Waals surface area contributed by atoms with Gasteiger partial charge in [0, 0.05) is 11.5 Å². The topological polar surface area (TPSA) is 55.8 Å². The Morgan fingerprint density at radius 2 is 1.69 bits per heavy atom. The van der Waals surface area contributed by atoms with Gasteiger partial charge >= 0.3 is 6.09 Å². The number of carbonyl (C=O) groups is 2. The zero-order valence-electron chi connectivity index (χ0n) is 17.0. The number of carbonyl (C=O) groups excluding carboxylic acids is 2. The number of hydrogen-bond acceptors (Lipinski definition) is 4. The van der Waals surface area contributed by atoms with Crippen LogP contribution in [0.15, 0.2) is 48.5 Å². The Bertz CT molecular complexity index is 881. The molecule has 4 rings (SSSR count). The highest BCUT2D eigenvalue weighted by molar-refractivity contribution is 5.98. The maximum absolute atomic E-state index is 13.1. The molecule has 2 aliphatic rings. The molecule has 29 heavy (non-hydrogen) atoms. The van der Waals surface area contributed by atoms with Crippen LogP contribution in [0.2, 0.25) is 0 Å². The molecule has 2 aromatic rings. The minimum absolute atomic E-state index is 0.0887. The quantitative estimate of drug-likeness (QED) is 0.727. The van der Waals surface area contributed by atoms with E-state index in [0.29, 0.717) is 26.1 Å². The Morgan fingerprint density at radius 1 is 1.00 bits per heavy atom. The molecule has 0 radical (unpaired) electrons. The SMILES string of the molecule is Cc1ccc(C(=O)C2CC3COCC(C2)N3C(=O)OCc2ccccc2)cc1C. The van der Waals surface area contributed by atoms with E-state index in [1.54, 1.807) is 4.90 Å². The number of ketones is 1. The first-order valence-corrected chi connectivity index (χ1v) is 10.2. The van der Waals surface area contributed by atoms with Crippen LogP contribution in [-0.2, 0) is 16.1 Å². The number of amides is 1. The summed E-state index contributed by atoms with van der Waals surface area (Å²) in [6.07, 6.45) is 0.912. The van der Waals surface area contributed by atoms with Crippen molar-refractivity contribution in [2.24, 2.45) is 5.92 Å². The van der Waals surface area contributed by atoms with Crippen LogP contribution in [0.1, 0.15) is 39.9 Å². The zero-order chi connectivity index (χ0) is 20.4. The summed E-state index contributed by atoms with van der Waals surface area (Å²) in [5.41, 5.74) is 4.03. The van der Waals surface area contributed by atoms with Crippen molar-refractivity contribution in [2.75, 3.05) is 13.2 Å². The van der Waals surface area contributed by atoms with E-state index in [1.807, 2.05) is 62.4 Å². The monoisotopic (exact) mass is 393 g/mol. The van der Waals surface area contributed by atoms with Crippen molar-refractivity contribution in [3.05, 3.63) is 70.8 Å². The Morgan fingerprint density at radius 3 is 2.34 bits per heavy atom. The van der Waals surface area contributed by atoms with Crippen molar-refractivity contribution < 1.29 is 19.1 Å². The normalized spacial score (nSPS) is 23.5. The third-order valence-electron chi connectivity index (χ3n) is 6.10. The standard InChI is InChI=1S/C24H27NO4/c1-16-8-9-19(10-17(16)2)23(26)20-11-21-14-28-15-22(12-20)25(21)24(27)29-13-18-6-4-3-5-7-18/h3-10,20-22H,11-15H2,1-2H3. The van der Waals surface area contributed by atoms with Crippen LogP contribution in [0.4, 0.5) is 4.79 Å². The van der Waals surface area contributed by atoms with E-state index < -0.39 is 0 Å². The summed E-state index contributed by atoms with van der Waals surface area (Å²) >= 11 is 0. The smallest absolute Gasteiger partial charge is 0.410 e. The van der Waals surface area contributed by atoms with Crippen molar-refractivity contribution in [2.45, 2.75) is 45.4 Å². The Balaban J connectivity index is 1.43. The van der Waals surface area contributed by atoms with Crippen LogP contribution in [0.5, 0.6) is 0 Å². The maximum Gasteiger partial charge on any atom is 0.410 e. The second kappa shape index (κ2) is 8.37. The molecule has 2 unspecified atom stereocenters. The van der Waals surface area contributed by atoms with Gasteiger partial charge in [-0.25, -0.2) is 4.79 Å². The van der Waals surface area contributed by atoms with Gasteiger partial charge in [0.05, 0.1) is 25.3 Å². The molecule has 2 aliphatic heterocycles. The van der Waals surface area contributed by atoms with Crippen LogP contribution in [-0.4, -0.2) is 42.1 Å². The Hall–Kier alpha value is -2.66. The number of aryl methyl sites for hydroxylation is 2. The van der Waals surface area contributed by atoms with Gasteiger partial charge in [0.1, 0.15) is 6.61 Å². The number of morpholine rings is 1. The molecule has 0 N–H and O–H groups in total. The Labute approximate surface area is 171 Å². The molecule has 2 bridgehead atoms. The van der Waals surface area contributed by atoms with Crippen molar-refractivity contribution in [3.63, 3.8) is 0 Å². The highest BCUT2D eigenvalue weighted by Gasteiger charge is 2.44. The molecule has 0 aromatic heterocycles. The molecule has 5 heteroatoms. The predicted molar refractivity (Wildman–Crippen MR) is 110 cm³/mol. The number of Topliss-reactive ketones (excluding diaryl/α,β-unsaturated/α-hetero) is 1. The van der Waals surface area contributed by atoms with E-state index in [2.05, 4.69) is 0 Å². The van der Waals surface area contributed by atoms with Gasteiger partial charge in [-0.05, 0) is 49.4 Å². The van der Waals surface area contributed by atoms with Crippen LogP contribution < -0.4 is 0 Å². The molecule has 2 heterocycles. The molecule has 2 saturated heterocycles. The van der Waals surface area contributed by atoms with Gasteiger partial charge in [-0.3, -0.25) is 9.69 Å². The van der Waals surface area contributed by atoms with E-state index in [4.69, 9.17) is 9.47 Å². The van der Waals surface area contributed by atoms with Crippen LogP contribution >= 0.6 is 0 Å². The molecule has 1 amide bonds. The van der Waals surface area contributed by atoms with Gasteiger partial charge in [0.2, 0.25) is 0 Å². The van der Waals surface area contributed by atoms with Gasteiger partial charge in [-0.2, -0.15) is 0 Å². The highest BCUT2D eigenvalue weighted by atomic mass is 16.6. The van der Waals surface area contributed by atoms with Crippen LogP contribution in [0, 0.1) is 19.8 Å². The molecule has 0 spiro atoms. The average molecular weight is 393 g/mol. The molecule has 0 aliphatic carbocycles. The van der Waals surface area contributed by atoms with Crippen LogP contribution in [0.25, 0.3) is 0 Å². The summed E-state index contributed by atoms with van der Waals surface area (Å²) in [5.74, 6) is 0.0801. The summed E-state index contributed by atoms with van der Waals surface area (Å²) in [6.45, 7) is 5.23. The summed E-state index contributed by atoms with van der Waals surface area (Å²) < 4.78 is 11.2. The first kappa shape index (κ1) is 19.6. The second-order valence-corrected chi connectivity index (χ2v) is 8.12. The fourth-order valence-corrected chi connectivity index (χ4v) is 4.35. The largest absolute Gasteiger partial charge is 0.445 e. The number of nitrogens with zero attached hydrogens (tertiary/aromatic N) is 1. The van der Waals surface area contributed by atoms with E-state index >= 15 is 0 Å². The number of piperidine rings is 1. The second-order valence-electron chi connectivity index (χ2n) is 8.12. The number of rotatable bonds is 4. The fourth-order valence-electron chi connectivity index (χ4n) is 4.35. The number of fused-ring (bicyclic) bond motifs is 2. The van der Waals surface area contributed by atoms with Gasteiger partial charge in [-0.15, -0.1) is 0 Å². The molecular formula is C24H27NO4. The lowest BCUT2D eigenvalue weighted by Gasteiger charge is -2.47. The third kappa shape index (κ3) is 4.20. The molecule has 2 fully saturated rings. The predicted octanol–water partition coefficient (Wildman–Crippen LogP) is 4.30. The molecular weight excluding hydrogens is 366 g/mol. The lowest BCUT2D eigenvalue weighted by Crippen LogP contribution is -2.59. The van der Waals surface area contributed by atoms with Crippen molar-refractivity contribution in [1.82, 2.24) is 4.90 Å². The number of ether oxygens (including phenoxy) is 2. The summed E-state index contributed by atoms with van der Waals surface area (Å²) in [4.78, 5) is 27.7.